The monoisotopic (exact) mass is 367 g/mol. The van der Waals surface area contributed by atoms with Crippen LogP contribution in [0, 0.1) is 6.92 Å². The Morgan fingerprint density at radius 1 is 0.963 bits per heavy atom. The second-order valence-electron chi connectivity index (χ2n) is 8.50. The maximum absolute atomic E-state index is 6.70. The van der Waals surface area contributed by atoms with Crippen molar-refractivity contribution in [1.82, 2.24) is 4.90 Å². The van der Waals surface area contributed by atoms with Crippen molar-refractivity contribution in [1.29, 1.82) is 0 Å². The number of benzene rings is 2. The van der Waals surface area contributed by atoms with Gasteiger partial charge in [-0.15, -0.1) is 0 Å². The topological polar surface area (TPSA) is 30.9 Å². The molecule has 144 valence electrons. The van der Waals surface area contributed by atoms with Crippen LogP contribution in [-0.2, 0) is 10.2 Å². The molecule has 0 unspecified atom stereocenters. The molecular formula is C23H29NO3. The molecule has 4 rings (SSSR count). The molecule has 2 atom stereocenters. The number of ether oxygens (including phenoxy) is 3. The van der Waals surface area contributed by atoms with Gasteiger partial charge in [-0.2, -0.15) is 0 Å². The summed E-state index contributed by atoms with van der Waals surface area (Å²) in [7, 11) is 0. The van der Waals surface area contributed by atoms with Crippen LogP contribution in [0.3, 0.4) is 0 Å². The molecule has 0 bridgehead atoms. The molecule has 0 saturated carbocycles. The molecule has 2 aromatic carbocycles. The minimum Gasteiger partial charge on any atom is -0.476 e. The van der Waals surface area contributed by atoms with E-state index in [-0.39, 0.29) is 17.7 Å². The molecular weight excluding hydrogens is 338 g/mol. The van der Waals surface area contributed by atoms with Gasteiger partial charge in [0.25, 0.3) is 0 Å². The van der Waals surface area contributed by atoms with Crippen molar-refractivity contribution >= 4 is 0 Å². The van der Waals surface area contributed by atoms with E-state index in [2.05, 4.69) is 69.0 Å². The van der Waals surface area contributed by atoms with Gasteiger partial charge in [-0.25, -0.2) is 0 Å². The largest absolute Gasteiger partial charge is 0.476 e. The Morgan fingerprint density at radius 2 is 1.67 bits per heavy atom. The Labute approximate surface area is 162 Å². The lowest BCUT2D eigenvalue weighted by atomic mass is 9.85. The molecule has 2 heterocycles. The molecule has 1 saturated heterocycles. The van der Waals surface area contributed by atoms with Gasteiger partial charge >= 0.3 is 0 Å². The van der Waals surface area contributed by atoms with Crippen molar-refractivity contribution < 1.29 is 14.2 Å². The Hall–Kier alpha value is -2.04. The van der Waals surface area contributed by atoms with E-state index >= 15 is 0 Å². The zero-order valence-electron chi connectivity index (χ0n) is 16.7. The van der Waals surface area contributed by atoms with Crippen molar-refractivity contribution in [2.75, 3.05) is 26.3 Å². The summed E-state index contributed by atoms with van der Waals surface area (Å²) in [5.74, 6) is 1.73. The summed E-state index contributed by atoms with van der Waals surface area (Å²) in [4.78, 5) is 2.34. The Bertz CT molecular complexity index is 791. The fourth-order valence-electron chi connectivity index (χ4n) is 3.86. The number of morpholine rings is 1. The van der Waals surface area contributed by atoms with Gasteiger partial charge in [0.05, 0.1) is 13.2 Å². The maximum atomic E-state index is 6.70. The van der Waals surface area contributed by atoms with Crippen LogP contribution in [0.4, 0.5) is 0 Å². The fraction of sp³-hybridized carbons (Fsp3) is 0.478. The first kappa shape index (κ1) is 18.3. The lowest BCUT2D eigenvalue weighted by Crippen LogP contribution is -2.52. The summed E-state index contributed by atoms with van der Waals surface area (Å²) in [6.07, 6.45) is -0.320. The van der Waals surface area contributed by atoms with E-state index in [0.29, 0.717) is 0 Å². The Morgan fingerprint density at radius 3 is 2.33 bits per heavy atom. The summed E-state index contributed by atoms with van der Waals surface area (Å²) < 4.78 is 18.8. The van der Waals surface area contributed by atoms with E-state index < -0.39 is 0 Å². The minimum absolute atomic E-state index is 0.0192. The van der Waals surface area contributed by atoms with Crippen molar-refractivity contribution in [3.63, 3.8) is 0 Å². The molecule has 0 radical (unpaired) electrons. The van der Waals surface area contributed by atoms with Crippen LogP contribution < -0.4 is 9.47 Å². The fourth-order valence-corrected chi connectivity index (χ4v) is 3.86. The SMILES string of the molecule is Cc1cc2c(c(C(C)(C)C)c1)O[C@@H](N1CCOCC1)[C@H](c1ccccc1)O2. The number of aryl methyl sites for hydroxylation is 1. The van der Waals surface area contributed by atoms with Crippen molar-refractivity contribution in [2.45, 2.75) is 45.4 Å². The average molecular weight is 367 g/mol. The van der Waals surface area contributed by atoms with E-state index in [4.69, 9.17) is 14.2 Å². The number of rotatable bonds is 2. The van der Waals surface area contributed by atoms with Gasteiger partial charge in [-0.3, -0.25) is 4.90 Å². The third-order valence-corrected chi connectivity index (χ3v) is 5.29. The van der Waals surface area contributed by atoms with Gasteiger partial charge in [0, 0.05) is 18.7 Å². The molecule has 2 aliphatic rings. The number of hydrogen-bond acceptors (Lipinski definition) is 4. The summed E-state index contributed by atoms with van der Waals surface area (Å²) in [6.45, 7) is 11.9. The number of nitrogens with zero attached hydrogens (tertiary/aromatic N) is 1. The van der Waals surface area contributed by atoms with E-state index in [1.807, 2.05) is 6.07 Å². The summed E-state index contributed by atoms with van der Waals surface area (Å²) in [5.41, 5.74) is 3.51. The summed E-state index contributed by atoms with van der Waals surface area (Å²) in [6, 6.07) is 14.7. The smallest absolute Gasteiger partial charge is 0.194 e. The van der Waals surface area contributed by atoms with Crippen LogP contribution in [0.5, 0.6) is 11.5 Å². The number of hydrogen-bond donors (Lipinski definition) is 0. The van der Waals surface area contributed by atoms with Crippen molar-refractivity contribution in [3.05, 3.63) is 59.2 Å². The van der Waals surface area contributed by atoms with E-state index in [9.17, 15) is 0 Å². The maximum Gasteiger partial charge on any atom is 0.194 e. The van der Waals surface area contributed by atoms with E-state index in [1.165, 1.54) is 11.1 Å². The molecule has 0 amide bonds. The highest BCUT2D eigenvalue weighted by molar-refractivity contribution is 5.53. The predicted octanol–water partition coefficient (Wildman–Crippen LogP) is 4.46. The van der Waals surface area contributed by atoms with Gasteiger partial charge in [0.2, 0.25) is 0 Å². The summed E-state index contributed by atoms with van der Waals surface area (Å²) >= 11 is 0. The molecule has 1 fully saturated rings. The average Bonchev–Trinajstić information content (AvgIpc) is 2.67. The highest BCUT2D eigenvalue weighted by Gasteiger charge is 2.40. The zero-order chi connectivity index (χ0) is 19.0. The third kappa shape index (κ3) is 3.69. The Balaban J connectivity index is 1.78. The highest BCUT2D eigenvalue weighted by atomic mass is 16.6. The molecule has 2 aromatic rings. The first-order chi connectivity index (χ1) is 12.9. The molecule has 4 heteroatoms. The lowest BCUT2D eigenvalue weighted by molar-refractivity contribution is -0.110. The van der Waals surface area contributed by atoms with Gasteiger partial charge < -0.3 is 14.2 Å². The molecule has 2 aliphatic heterocycles. The highest BCUT2D eigenvalue weighted by Crippen LogP contribution is 2.46. The second-order valence-corrected chi connectivity index (χ2v) is 8.50. The molecule has 27 heavy (non-hydrogen) atoms. The second kappa shape index (κ2) is 7.17. The van der Waals surface area contributed by atoms with E-state index in [0.717, 1.165) is 43.4 Å². The number of fused-ring (bicyclic) bond motifs is 1. The van der Waals surface area contributed by atoms with Gasteiger partial charge in [0.15, 0.2) is 23.8 Å². The van der Waals surface area contributed by atoms with Crippen LogP contribution in [0.15, 0.2) is 42.5 Å². The molecule has 4 nitrogen and oxygen atoms in total. The zero-order valence-corrected chi connectivity index (χ0v) is 16.7. The van der Waals surface area contributed by atoms with E-state index in [1.54, 1.807) is 0 Å². The first-order valence-corrected chi connectivity index (χ1v) is 9.79. The normalized spacial score (nSPS) is 23.3. The predicted molar refractivity (Wildman–Crippen MR) is 106 cm³/mol. The van der Waals surface area contributed by atoms with Crippen molar-refractivity contribution in [3.8, 4) is 11.5 Å². The lowest BCUT2D eigenvalue weighted by Gasteiger charge is -2.43. The molecule has 0 aromatic heterocycles. The first-order valence-electron chi connectivity index (χ1n) is 9.79. The quantitative estimate of drug-likeness (QED) is 0.784. The van der Waals surface area contributed by atoms with Crippen LogP contribution in [0.1, 0.15) is 43.6 Å². The molecule has 0 N–H and O–H groups in total. The van der Waals surface area contributed by atoms with Crippen LogP contribution in [0.2, 0.25) is 0 Å². The van der Waals surface area contributed by atoms with Gasteiger partial charge in [-0.1, -0.05) is 57.2 Å². The van der Waals surface area contributed by atoms with Crippen LogP contribution >= 0.6 is 0 Å². The molecule has 0 spiro atoms. The molecule has 0 aliphatic carbocycles. The van der Waals surface area contributed by atoms with Crippen LogP contribution in [-0.4, -0.2) is 37.4 Å². The summed E-state index contributed by atoms with van der Waals surface area (Å²) in [5, 5.41) is 0. The van der Waals surface area contributed by atoms with Gasteiger partial charge in [-0.05, 0) is 29.5 Å². The third-order valence-electron chi connectivity index (χ3n) is 5.29. The minimum atomic E-state index is -0.161. The standard InChI is InChI=1S/C23H29NO3/c1-16-14-18(23(2,3)4)21-19(15-16)26-20(17-8-6-5-7-9-17)22(27-21)24-10-12-25-13-11-24/h5-9,14-15,20,22H,10-13H2,1-4H3/t20-,22+/m0/s1. The van der Waals surface area contributed by atoms with Crippen molar-refractivity contribution in [2.24, 2.45) is 0 Å². The Kier molecular flexibility index (Phi) is 4.87. The van der Waals surface area contributed by atoms with Gasteiger partial charge in [0.1, 0.15) is 0 Å². The van der Waals surface area contributed by atoms with Crippen LogP contribution in [0.25, 0.3) is 0 Å².